The van der Waals surface area contributed by atoms with E-state index in [-0.39, 0.29) is 11.4 Å². The molecule has 0 spiro atoms. The van der Waals surface area contributed by atoms with Crippen LogP contribution in [0, 0.1) is 0 Å². The maximum Gasteiger partial charge on any atom is 0.323 e. The number of hydrogen-bond acceptors (Lipinski definition) is 4. The van der Waals surface area contributed by atoms with Gasteiger partial charge < -0.3 is 15.1 Å². The average molecular weight is 325 g/mol. The third-order valence-electron chi connectivity index (χ3n) is 3.83. The third-order valence-corrected chi connectivity index (χ3v) is 5.74. The number of carboxylic acids is 1. The van der Waals surface area contributed by atoms with Crippen LogP contribution in [0.3, 0.4) is 0 Å². The standard InChI is InChI=1S/C13H15N3O5S/c17-12(18)11-3-1-2-6-16(11)22(20,21)8-4-5-9-10(7-8)15-13(19)14-9/h4-5,7,11H,1-3,6H2,(H,17,18)(H2,14,15,19). The molecule has 0 saturated carbocycles. The number of carboxylic acid groups (broad SMARTS) is 1. The number of nitrogens with zero attached hydrogens (tertiary/aromatic N) is 1. The number of fused-ring (bicyclic) bond motifs is 1. The molecule has 3 N–H and O–H groups in total. The summed E-state index contributed by atoms with van der Waals surface area (Å²) in [4.78, 5) is 27.5. The monoisotopic (exact) mass is 325 g/mol. The van der Waals surface area contributed by atoms with Gasteiger partial charge in [-0.25, -0.2) is 13.2 Å². The second kappa shape index (κ2) is 5.25. The van der Waals surface area contributed by atoms with E-state index in [1.165, 1.54) is 18.2 Å². The molecule has 0 aliphatic carbocycles. The Morgan fingerprint density at radius 1 is 1.23 bits per heavy atom. The van der Waals surface area contributed by atoms with Gasteiger partial charge in [-0.05, 0) is 37.5 Å². The van der Waals surface area contributed by atoms with Gasteiger partial charge in [-0.15, -0.1) is 0 Å². The number of carbonyl (C=O) groups is 1. The van der Waals surface area contributed by atoms with E-state index in [2.05, 4.69) is 9.97 Å². The Labute approximate surface area is 125 Å². The average Bonchev–Trinajstić information content (AvgIpc) is 2.86. The highest BCUT2D eigenvalue weighted by atomic mass is 32.2. The number of benzene rings is 1. The Morgan fingerprint density at radius 2 is 1.95 bits per heavy atom. The fourth-order valence-electron chi connectivity index (χ4n) is 2.75. The van der Waals surface area contributed by atoms with Crippen molar-refractivity contribution < 1.29 is 18.3 Å². The van der Waals surface area contributed by atoms with Crippen molar-refractivity contribution in [2.75, 3.05) is 6.54 Å². The van der Waals surface area contributed by atoms with E-state index < -0.39 is 27.7 Å². The maximum absolute atomic E-state index is 12.7. The Hall–Kier alpha value is -2.13. The van der Waals surface area contributed by atoms with Gasteiger partial charge in [0.05, 0.1) is 15.9 Å². The van der Waals surface area contributed by atoms with Crippen molar-refractivity contribution in [2.24, 2.45) is 0 Å². The molecule has 1 fully saturated rings. The van der Waals surface area contributed by atoms with Gasteiger partial charge in [0, 0.05) is 6.54 Å². The molecule has 3 rings (SSSR count). The first-order chi connectivity index (χ1) is 10.4. The molecular weight excluding hydrogens is 310 g/mol. The topological polar surface area (TPSA) is 123 Å². The van der Waals surface area contributed by atoms with Crippen LogP contribution in [0.1, 0.15) is 19.3 Å². The molecule has 1 atom stereocenters. The molecule has 0 amide bonds. The number of aromatic nitrogens is 2. The minimum Gasteiger partial charge on any atom is -0.480 e. The SMILES string of the molecule is O=C(O)C1CCCCN1S(=O)(=O)c1ccc2[nH]c(=O)[nH]c2c1. The first-order valence-electron chi connectivity index (χ1n) is 6.86. The van der Waals surface area contributed by atoms with Crippen molar-refractivity contribution in [3.63, 3.8) is 0 Å². The zero-order valence-corrected chi connectivity index (χ0v) is 12.4. The number of hydrogen-bond donors (Lipinski definition) is 3. The Morgan fingerprint density at radius 3 is 2.68 bits per heavy atom. The number of imidazole rings is 1. The molecule has 0 bridgehead atoms. The van der Waals surface area contributed by atoms with Crippen LogP contribution in [-0.4, -0.2) is 46.4 Å². The van der Waals surface area contributed by atoms with E-state index in [1.54, 1.807) is 0 Å². The highest BCUT2D eigenvalue weighted by molar-refractivity contribution is 7.89. The van der Waals surface area contributed by atoms with Crippen LogP contribution in [0.25, 0.3) is 11.0 Å². The second-order valence-electron chi connectivity index (χ2n) is 5.25. The maximum atomic E-state index is 12.7. The molecule has 22 heavy (non-hydrogen) atoms. The van der Waals surface area contributed by atoms with Gasteiger partial charge >= 0.3 is 11.7 Å². The number of aromatic amines is 2. The number of H-pyrrole nitrogens is 2. The lowest BCUT2D eigenvalue weighted by Gasteiger charge is -2.31. The van der Waals surface area contributed by atoms with Crippen molar-refractivity contribution >= 4 is 27.0 Å². The third kappa shape index (κ3) is 2.42. The Balaban J connectivity index is 2.06. The van der Waals surface area contributed by atoms with Gasteiger partial charge in [0.15, 0.2) is 0 Å². The van der Waals surface area contributed by atoms with E-state index >= 15 is 0 Å². The van der Waals surface area contributed by atoms with Gasteiger partial charge in [0.1, 0.15) is 6.04 Å². The van der Waals surface area contributed by atoms with E-state index in [0.717, 1.165) is 4.31 Å². The summed E-state index contributed by atoms with van der Waals surface area (Å²) in [6.07, 6.45) is 1.62. The van der Waals surface area contributed by atoms with Gasteiger partial charge in [-0.1, -0.05) is 0 Å². The predicted molar refractivity (Wildman–Crippen MR) is 78.1 cm³/mol. The molecule has 1 aliphatic heterocycles. The minimum absolute atomic E-state index is 0.0246. The molecule has 2 heterocycles. The van der Waals surface area contributed by atoms with E-state index in [9.17, 15) is 23.1 Å². The lowest BCUT2D eigenvalue weighted by atomic mass is 10.1. The van der Waals surface area contributed by atoms with Gasteiger partial charge in [-0.2, -0.15) is 4.31 Å². The largest absolute Gasteiger partial charge is 0.480 e. The number of aliphatic carboxylic acids is 1. The van der Waals surface area contributed by atoms with Crippen molar-refractivity contribution in [1.29, 1.82) is 0 Å². The summed E-state index contributed by atoms with van der Waals surface area (Å²) in [6, 6.07) is 3.16. The molecule has 1 saturated heterocycles. The fourth-order valence-corrected chi connectivity index (χ4v) is 4.42. The zero-order chi connectivity index (χ0) is 15.9. The lowest BCUT2D eigenvalue weighted by molar-refractivity contribution is -0.142. The summed E-state index contributed by atoms with van der Waals surface area (Å²) in [5.74, 6) is -1.14. The summed E-state index contributed by atoms with van der Waals surface area (Å²) in [5.41, 5.74) is 0.443. The van der Waals surface area contributed by atoms with E-state index in [1.807, 2.05) is 0 Å². The number of piperidine rings is 1. The summed E-state index contributed by atoms with van der Waals surface area (Å²) in [7, 11) is -3.92. The number of nitrogens with one attached hydrogen (secondary N) is 2. The first kappa shape index (κ1) is 14.8. The quantitative estimate of drug-likeness (QED) is 0.757. The summed E-state index contributed by atoms with van der Waals surface area (Å²) >= 11 is 0. The van der Waals surface area contributed by atoms with Crippen molar-refractivity contribution in [3.8, 4) is 0 Å². The van der Waals surface area contributed by atoms with Crippen LogP contribution in [0.2, 0.25) is 0 Å². The molecule has 2 aromatic rings. The van der Waals surface area contributed by atoms with E-state index in [4.69, 9.17) is 0 Å². The van der Waals surface area contributed by atoms with Crippen LogP contribution >= 0.6 is 0 Å². The number of rotatable bonds is 3. The molecular formula is C13H15N3O5S. The second-order valence-corrected chi connectivity index (χ2v) is 7.14. The first-order valence-corrected chi connectivity index (χ1v) is 8.30. The van der Waals surface area contributed by atoms with Crippen LogP contribution in [-0.2, 0) is 14.8 Å². The van der Waals surface area contributed by atoms with Crippen LogP contribution < -0.4 is 5.69 Å². The highest BCUT2D eigenvalue weighted by Crippen LogP contribution is 2.26. The molecule has 9 heteroatoms. The molecule has 1 unspecified atom stereocenters. The van der Waals surface area contributed by atoms with Crippen molar-refractivity contribution in [3.05, 3.63) is 28.7 Å². The highest BCUT2D eigenvalue weighted by Gasteiger charge is 2.37. The summed E-state index contributed by atoms with van der Waals surface area (Å²) < 4.78 is 26.5. The van der Waals surface area contributed by atoms with Gasteiger partial charge in [-0.3, -0.25) is 4.79 Å². The zero-order valence-electron chi connectivity index (χ0n) is 11.6. The smallest absolute Gasteiger partial charge is 0.323 e. The molecule has 118 valence electrons. The van der Waals surface area contributed by atoms with Gasteiger partial charge in [0.25, 0.3) is 0 Å². The van der Waals surface area contributed by atoms with Crippen LogP contribution in [0.5, 0.6) is 0 Å². The molecule has 1 aromatic carbocycles. The van der Waals surface area contributed by atoms with Crippen LogP contribution in [0.4, 0.5) is 0 Å². The summed E-state index contributed by atoms with van der Waals surface area (Å²) in [5, 5.41) is 9.24. The Bertz CT molecular complexity index is 882. The molecule has 0 radical (unpaired) electrons. The predicted octanol–water partition coefficient (Wildman–Crippen LogP) is 0.484. The minimum atomic E-state index is -3.92. The normalized spacial score (nSPS) is 20.3. The van der Waals surface area contributed by atoms with Gasteiger partial charge in [0.2, 0.25) is 10.0 Å². The van der Waals surface area contributed by atoms with E-state index in [0.29, 0.717) is 30.3 Å². The fraction of sp³-hybridized carbons (Fsp3) is 0.385. The van der Waals surface area contributed by atoms with Crippen molar-refractivity contribution in [2.45, 2.75) is 30.2 Å². The summed E-state index contributed by atoms with van der Waals surface area (Å²) in [6.45, 7) is 0.182. The Kier molecular flexibility index (Phi) is 3.53. The van der Waals surface area contributed by atoms with Crippen LogP contribution in [0.15, 0.2) is 27.9 Å². The van der Waals surface area contributed by atoms with Crippen molar-refractivity contribution in [1.82, 2.24) is 14.3 Å². The number of sulfonamides is 1. The molecule has 1 aliphatic rings. The molecule has 8 nitrogen and oxygen atoms in total. The molecule has 1 aromatic heterocycles. The lowest BCUT2D eigenvalue weighted by Crippen LogP contribution is -2.47.